The van der Waals surface area contributed by atoms with Crippen molar-refractivity contribution in [2.45, 2.75) is 38.7 Å². The highest BCUT2D eigenvalue weighted by molar-refractivity contribution is 5.91. The van der Waals surface area contributed by atoms with Gasteiger partial charge in [-0.2, -0.15) is 26.3 Å². The van der Waals surface area contributed by atoms with Crippen LogP contribution in [-0.2, 0) is 11.2 Å². The van der Waals surface area contributed by atoms with Gasteiger partial charge in [0.25, 0.3) is 5.91 Å². The summed E-state index contributed by atoms with van der Waals surface area (Å²) in [5.74, 6) is -4.68. The number of phenols is 2. The highest BCUT2D eigenvalue weighted by Crippen LogP contribution is 2.33. The summed E-state index contributed by atoms with van der Waals surface area (Å²) in [6, 6.07) is 0.514. The fraction of sp³-hybridized carbons (Fsp3) is 0.375. The first-order valence-electron chi connectivity index (χ1n) is 8.23. The molecular formula is C16H16F6N4O5. The number of carbonyl (C=O) groups is 2. The molecular weight excluding hydrogens is 442 g/mol. The highest BCUT2D eigenvalue weighted by Gasteiger charge is 2.38. The van der Waals surface area contributed by atoms with Crippen molar-refractivity contribution >= 4 is 11.9 Å². The van der Waals surface area contributed by atoms with Crippen LogP contribution in [0.25, 0.3) is 11.4 Å². The van der Waals surface area contributed by atoms with E-state index < -0.39 is 36.1 Å². The lowest BCUT2D eigenvalue weighted by molar-refractivity contribution is -0.192. The molecule has 0 saturated carbocycles. The number of amides is 1. The van der Waals surface area contributed by atoms with Crippen LogP contribution in [0.15, 0.2) is 12.1 Å². The Balaban J connectivity index is 0.000000592. The molecule has 2 aromatic rings. The minimum atomic E-state index is -5.08. The molecule has 1 amide bonds. The van der Waals surface area contributed by atoms with Crippen molar-refractivity contribution in [3.05, 3.63) is 23.5 Å². The van der Waals surface area contributed by atoms with Gasteiger partial charge in [-0.05, 0) is 25.0 Å². The van der Waals surface area contributed by atoms with E-state index in [1.54, 1.807) is 12.2 Å². The average molecular weight is 458 g/mol. The number of aryl methyl sites for hydroxylation is 1. The Labute approximate surface area is 169 Å². The molecule has 0 aliphatic carbocycles. The van der Waals surface area contributed by atoms with Crippen LogP contribution in [-0.4, -0.2) is 60.8 Å². The van der Waals surface area contributed by atoms with Crippen molar-refractivity contribution < 1.29 is 51.3 Å². The minimum Gasteiger partial charge on any atom is -0.508 e. The van der Waals surface area contributed by atoms with Crippen molar-refractivity contribution in [1.29, 1.82) is 0 Å². The Morgan fingerprint density at radius 2 is 1.65 bits per heavy atom. The molecule has 9 nitrogen and oxygen atoms in total. The van der Waals surface area contributed by atoms with Gasteiger partial charge in [-0.15, -0.1) is 10.2 Å². The summed E-state index contributed by atoms with van der Waals surface area (Å²) in [7, 11) is 0. The molecule has 1 unspecified atom stereocenters. The topological polar surface area (TPSA) is 148 Å². The molecule has 0 aliphatic rings. The number of hydrogen-bond donors (Lipinski definition) is 5. The van der Waals surface area contributed by atoms with Gasteiger partial charge >= 0.3 is 18.3 Å². The summed E-state index contributed by atoms with van der Waals surface area (Å²) in [6.45, 7) is 2.59. The number of carbonyl (C=O) groups excluding carboxylic acids is 1. The summed E-state index contributed by atoms with van der Waals surface area (Å²) in [5, 5.41) is 35.5. The largest absolute Gasteiger partial charge is 0.508 e. The van der Waals surface area contributed by atoms with Crippen molar-refractivity contribution in [1.82, 2.24) is 20.5 Å². The predicted molar refractivity (Wildman–Crippen MR) is 91.2 cm³/mol. The zero-order valence-corrected chi connectivity index (χ0v) is 15.8. The van der Waals surface area contributed by atoms with Gasteiger partial charge in [-0.1, -0.05) is 6.92 Å². The fourth-order valence-corrected chi connectivity index (χ4v) is 1.93. The number of H-pyrrole nitrogens is 1. The lowest BCUT2D eigenvalue weighted by Gasteiger charge is -2.15. The number of nitrogens with zero attached hydrogens (tertiary/aromatic N) is 2. The number of hydrogen-bond acceptors (Lipinski definition) is 6. The average Bonchev–Trinajstić information content (AvgIpc) is 3.10. The normalized spacial score (nSPS) is 12.5. The van der Waals surface area contributed by atoms with E-state index >= 15 is 0 Å². The first-order chi connectivity index (χ1) is 14.1. The van der Waals surface area contributed by atoms with E-state index in [1.807, 2.05) is 0 Å². The number of carboxylic acids is 1. The van der Waals surface area contributed by atoms with Crippen LogP contribution in [0.4, 0.5) is 26.3 Å². The summed E-state index contributed by atoms with van der Waals surface area (Å²) >= 11 is 0. The van der Waals surface area contributed by atoms with Gasteiger partial charge in [-0.25, -0.2) is 4.79 Å². The molecule has 0 bridgehead atoms. The Hall–Kier alpha value is -3.52. The molecule has 1 atom stereocenters. The Morgan fingerprint density at radius 1 is 1.10 bits per heavy atom. The summed E-state index contributed by atoms with van der Waals surface area (Å²) in [6.07, 6.45) is -9.19. The van der Waals surface area contributed by atoms with E-state index in [4.69, 9.17) is 9.90 Å². The third-order valence-corrected chi connectivity index (χ3v) is 3.62. The third-order valence-electron chi connectivity index (χ3n) is 3.62. The Bertz CT molecular complexity index is 942. The zero-order valence-electron chi connectivity index (χ0n) is 15.8. The molecule has 0 fully saturated rings. The maximum atomic E-state index is 12.5. The van der Waals surface area contributed by atoms with Crippen LogP contribution in [0.1, 0.15) is 30.0 Å². The molecule has 0 aliphatic heterocycles. The molecule has 0 spiro atoms. The number of phenolic OH excluding ortho intramolecular Hbond substituents is 2. The maximum Gasteiger partial charge on any atom is 0.490 e. The molecule has 31 heavy (non-hydrogen) atoms. The predicted octanol–water partition coefficient (Wildman–Crippen LogP) is 2.76. The number of aromatic amines is 1. The molecule has 0 radical (unpaired) electrons. The van der Waals surface area contributed by atoms with Crippen LogP contribution in [0.5, 0.6) is 11.5 Å². The number of aromatic hydroxyl groups is 2. The van der Waals surface area contributed by atoms with E-state index in [0.29, 0.717) is 12.0 Å². The van der Waals surface area contributed by atoms with Crippen molar-refractivity contribution in [3.63, 3.8) is 0 Å². The lowest BCUT2D eigenvalue weighted by Crippen LogP contribution is -2.43. The van der Waals surface area contributed by atoms with Crippen molar-refractivity contribution in [2.75, 3.05) is 0 Å². The number of rotatable bonds is 4. The first kappa shape index (κ1) is 25.5. The molecule has 1 aromatic carbocycles. The molecule has 2 rings (SSSR count). The van der Waals surface area contributed by atoms with Crippen LogP contribution >= 0.6 is 0 Å². The van der Waals surface area contributed by atoms with E-state index in [1.165, 1.54) is 6.07 Å². The van der Waals surface area contributed by atoms with Gasteiger partial charge in [0.15, 0.2) is 5.82 Å². The first-order valence-corrected chi connectivity index (χ1v) is 8.23. The monoisotopic (exact) mass is 458 g/mol. The maximum absolute atomic E-state index is 12.5. The van der Waals surface area contributed by atoms with Gasteiger partial charge in [0.05, 0.1) is 5.56 Å². The van der Waals surface area contributed by atoms with E-state index in [0.717, 1.165) is 13.0 Å². The van der Waals surface area contributed by atoms with Gasteiger partial charge in [0.2, 0.25) is 5.82 Å². The quantitative estimate of drug-likeness (QED) is 0.443. The second-order valence-electron chi connectivity index (χ2n) is 5.91. The second kappa shape index (κ2) is 9.53. The molecule has 0 saturated heterocycles. The van der Waals surface area contributed by atoms with Crippen molar-refractivity contribution in [3.8, 4) is 22.9 Å². The zero-order chi connectivity index (χ0) is 24.1. The third kappa shape index (κ3) is 7.04. The number of halogens is 6. The second-order valence-corrected chi connectivity index (χ2v) is 5.91. The minimum absolute atomic E-state index is 0.00740. The summed E-state index contributed by atoms with van der Waals surface area (Å²) < 4.78 is 69.1. The van der Waals surface area contributed by atoms with Gasteiger partial charge in [0.1, 0.15) is 17.5 Å². The van der Waals surface area contributed by atoms with E-state index in [2.05, 4.69) is 15.2 Å². The highest BCUT2D eigenvalue weighted by atomic mass is 19.4. The summed E-state index contributed by atoms with van der Waals surface area (Å²) in [4.78, 5) is 23.1. The van der Waals surface area contributed by atoms with Gasteiger partial charge in [0, 0.05) is 6.07 Å². The molecule has 172 valence electrons. The van der Waals surface area contributed by atoms with Crippen LogP contribution < -0.4 is 5.32 Å². The number of aromatic nitrogens is 3. The van der Waals surface area contributed by atoms with Gasteiger partial charge < -0.3 is 25.6 Å². The number of carboxylic acid groups (broad SMARTS) is 1. The molecule has 15 heteroatoms. The van der Waals surface area contributed by atoms with Crippen LogP contribution in [0.3, 0.4) is 0 Å². The SMILES string of the molecule is CCc1cc(-c2nnc(C(=O)NC(C)C(F)(F)F)[nH]2)c(O)cc1O.O=C(O)C(F)(F)F. The lowest BCUT2D eigenvalue weighted by atomic mass is 10.1. The standard InChI is InChI=1S/C14H15F3N4O3.C2HF3O2/c1-3-7-4-8(10(23)5-9(7)22)11-19-12(21-20-11)13(24)18-6(2)14(15,16)17;3-2(4,5)1(6)7/h4-6,22-23H,3H2,1-2H3,(H,18,24)(H,19,20,21);(H,6,7). The van der Waals surface area contributed by atoms with Gasteiger partial charge in [-0.3, -0.25) is 4.79 Å². The van der Waals surface area contributed by atoms with Crippen LogP contribution in [0, 0.1) is 0 Å². The number of nitrogens with one attached hydrogen (secondary N) is 2. The smallest absolute Gasteiger partial charge is 0.490 e. The Morgan fingerprint density at radius 3 is 2.10 bits per heavy atom. The van der Waals surface area contributed by atoms with Crippen molar-refractivity contribution in [2.24, 2.45) is 0 Å². The number of aliphatic carboxylic acids is 1. The molecule has 5 N–H and O–H groups in total. The van der Waals surface area contributed by atoms with Crippen LogP contribution in [0.2, 0.25) is 0 Å². The number of benzene rings is 1. The summed E-state index contributed by atoms with van der Waals surface area (Å²) in [5.41, 5.74) is 0.691. The van der Waals surface area contributed by atoms with E-state index in [9.17, 15) is 41.4 Å². The molecule has 1 heterocycles. The number of alkyl halides is 6. The Kier molecular flexibility index (Phi) is 7.84. The fourth-order valence-electron chi connectivity index (χ4n) is 1.93. The van der Waals surface area contributed by atoms with E-state index in [-0.39, 0.29) is 22.9 Å². The molecule has 1 aromatic heterocycles.